The van der Waals surface area contributed by atoms with Gasteiger partial charge in [-0.05, 0) is 73.5 Å². The number of aliphatic hydroxyl groups is 1. The van der Waals surface area contributed by atoms with Crippen molar-refractivity contribution in [1.82, 2.24) is 5.32 Å². The molecule has 0 aromatic heterocycles. The predicted molar refractivity (Wildman–Crippen MR) is 99.3 cm³/mol. The fourth-order valence-corrected chi connectivity index (χ4v) is 6.12. The van der Waals surface area contributed by atoms with Crippen molar-refractivity contribution in [3.8, 4) is 0 Å². The molecule has 4 aliphatic rings. The Labute approximate surface area is 150 Å². The molecule has 0 radical (unpaired) electrons. The average Bonchev–Trinajstić information content (AvgIpc) is 2.50. The molecule has 4 nitrogen and oxygen atoms in total. The quantitative estimate of drug-likeness (QED) is 0.864. The maximum Gasteiger partial charge on any atom is 0.220 e. The second-order valence-electron chi connectivity index (χ2n) is 9.20. The maximum atomic E-state index is 12.6. The standard InChI is InChI=1S/C21H30N2O2/c1-23(2)18-5-3-15(4-6-18)13-22-19(24)12-20-8-16-7-17(9-20)11-21(25,10-16)14-20/h3-6,16-17,25H,7-14H2,1-2H3,(H,22,24)/t16-,17+,20?,21?. The van der Waals surface area contributed by atoms with Crippen molar-refractivity contribution in [3.63, 3.8) is 0 Å². The summed E-state index contributed by atoms with van der Waals surface area (Å²) in [5.74, 6) is 1.41. The molecule has 2 N–H and O–H groups in total. The van der Waals surface area contributed by atoms with Crippen molar-refractivity contribution < 1.29 is 9.90 Å². The Balaban J connectivity index is 1.35. The van der Waals surface area contributed by atoms with Gasteiger partial charge in [0.25, 0.3) is 0 Å². The van der Waals surface area contributed by atoms with Crippen molar-refractivity contribution in [1.29, 1.82) is 0 Å². The molecule has 1 aromatic carbocycles. The summed E-state index contributed by atoms with van der Waals surface area (Å²) < 4.78 is 0. The number of hydrogen-bond acceptors (Lipinski definition) is 3. The van der Waals surface area contributed by atoms with Gasteiger partial charge in [-0.25, -0.2) is 0 Å². The van der Waals surface area contributed by atoms with Gasteiger partial charge in [-0.15, -0.1) is 0 Å². The van der Waals surface area contributed by atoms with E-state index in [1.807, 2.05) is 14.1 Å². The van der Waals surface area contributed by atoms with E-state index in [0.717, 1.165) is 43.4 Å². The third kappa shape index (κ3) is 3.41. The second kappa shape index (κ2) is 6.01. The summed E-state index contributed by atoms with van der Waals surface area (Å²) in [5, 5.41) is 13.9. The SMILES string of the molecule is CN(C)c1ccc(CNC(=O)CC23C[C@@H]4C[C@@H](CC(O)(C4)C2)C3)cc1. The van der Waals surface area contributed by atoms with Crippen LogP contribution in [0.3, 0.4) is 0 Å². The Morgan fingerprint density at radius 2 is 1.80 bits per heavy atom. The first-order valence-corrected chi connectivity index (χ1v) is 9.60. The van der Waals surface area contributed by atoms with Gasteiger partial charge < -0.3 is 15.3 Å². The molecule has 1 amide bonds. The number of rotatable bonds is 5. The Morgan fingerprint density at radius 3 is 2.36 bits per heavy atom. The highest BCUT2D eigenvalue weighted by molar-refractivity contribution is 5.76. The minimum Gasteiger partial charge on any atom is -0.390 e. The molecule has 4 fully saturated rings. The van der Waals surface area contributed by atoms with E-state index in [-0.39, 0.29) is 11.3 Å². The molecule has 136 valence electrons. The fraction of sp³-hybridized carbons (Fsp3) is 0.667. The molecule has 0 saturated heterocycles. The number of amides is 1. The highest BCUT2D eigenvalue weighted by atomic mass is 16.3. The fourth-order valence-electron chi connectivity index (χ4n) is 6.12. The summed E-state index contributed by atoms with van der Waals surface area (Å²) in [6.45, 7) is 0.583. The Morgan fingerprint density at radius 1 is 1.16 bits per heavy atom. The number of carbonyl (C=O) groups is 1. The van der Waals surface area contributed by atoms with Crippen LogP contribution in [-0.4, -0.2) is 30.7 Å². The van der Waals surface area contributed by atoms with Crippen LogP contribution >= 0.6 is 0 Å². The first-order chi connectivity index (χ1) is 11.8. The summed E-state index contributed by atoms with van der Waals surface area (Å²) in [6, 6.07) is 8.30. The third-order valence-electron chi connectivity index (χ3n) is 6.63. The maximum absolute atomic E-state index is 12.6. The van der Waals surface area contributed by atoms with Gasteiger partial charge in [0, 0.05) is 32.7 Å². The molecule has 2 unspecified atom stereocenters. The molecule has 4 aliphatic carbocycles. The van der Waals surface area contributed by atoms with Crippen LogP contribution < -0.4 is 10.2 Å². The van der Waals surface area contributed by atoms with Crippen LogP contribution in [-0.2, 0) is 11.3 Å². The van der Waals surface area contributed by atoms with Crippen LogP contribution in [0.5, 0.6) is 0 Å². The van der Waals surface area contributed by atoms with E-state index >= 15 is 0 Å². The van der Waals surface area contributed by atoms with Crippen LogP contribution in [0.1, 0.15) is 50.5 Å². The lowest BCUT2D eigenvalue weighted by molar-refractivity contribution is -0.169. The van der Waals surface area contributed by atoms with Crippen LogP contribution in [0.4, 0.5) is 5.69 Å². The molecule has 1 aromatic rings. The lowest BCUT2D eigenvalue weighted by Crippen LogP contribution is -2.56. The van der Waals surface area contributed by atoms with Crippen LogP contribution in [0.15, 0.2) is 24.3 Å². The van der Waals surface area contributed by atoms with E-state index in [9.17, 15) is 9.90 Å². The van der Waals surface area contributed by atoms with E-state index in [4.69, 9.17) is 0 Å². The van der Waals surface area contributed by atoms with E-state index in [2.05, 4.69) is 34.5 Å². The van der Waals surface area contributed by atoms with Gasteiger partial charge in [0.2, 0.25) is 5.91 Å². The van der Waals surface area contributed by atoms with Crippen molar-refractivity contribution >= 4 is 11.6 Å². The summed E-state index contributed by atoms with van der Waals surface area (Å²) in [5.41, 5.74) is 1.87. The predicted octanol–water partition coefficient (Wildman–Crippen LogP) is 3.09. The number of nitrogens with zero attached hydrogens (tertiary/aromatic N) is 1. The average molecular weight is 342 g/mol. The zero-order chi connectivity index (χ0) is 17.7. The topological polar surface area (TPSA) is 52.6 Å². The number of benzene rings is 1. The van der Waals surface area contributed by atoms with E-state index in [0.29, 0.717) is 24.8 Å². The monoisotopic (exact) mass is 342 g/mol. The summed E-state index contributed by atoms with van der Waals surface area (Å²) >= 11 is 0. The van der Waals surface area contributed by atoms with Gasteiger partial charge in [-0.2, -0.15) is 0 Å². The largest absolute Gasteiger partial charge is 0.390 e. The van der Waals surface area contributed by atoms with Gasteiger partial charge in [-0.3, -0.25) is 4.79 Å². The van der Waals surface area contributed by atoms with Gasteiger partial charge in [-0.1, -0.05) is 12.1 Å². The lowest BCUT2D eigenvalue weighted by Gasteiger charge is -2.60. The molecular formula is C21H30N2O2. The lowest BCUT2D eigenvalue weighted by atomic mass is 9.47. The van der Waals surface area contributed by atoms with Gasteiger partial charge >= 0.3 is 0 Å². The Kier molecular flexibility index (Phi) is 4.06. The van der Waals surface area contributed by atoms with Crippen LogP contribution in [0.2, 0.25) is 0 Å². The minimum atomic E-state index is -0.480. The zero-order valence-corrected chi connectivity index (χ0v) is 15.4. The molecule has 25 heavy (non-hydrogen) atoms. The summed E-state index contributed by atoms with van der Waals surface area (Å²) in [6.07, 6.45) is 6.88. The van der Waals surface area contributed by atoms with Crippen molar-refractivity contribution in [2.75, 3.05) is 19.0 Å². The van der Waals surface area contributed by atoms with Gasteiger partial charge in [0.05, 0.1) is 5.60 Å². The number of carbonyl (C=O) groups excluding carboxylic acids is 1. The van der Waals surface area contributed by atoms with Gasteiger partial charge in [0.1, 0.15) is 0 Å². The molecule has 4 heteroatoms. The van der Waals surface area contributed by atoms with E-state index in [1.165, 1.54) is 6.42 Å². The van der Waals surface area contributed by atoms with Crippen LogP contribution in [0, 0.1) is 17.3 Å². The van der Waals surface area contributed by atoms with E-state index < -0.39 is 5.60 Å². The molecule has 0 spiro atoms. The molecule has 4 saturated carbocycles. The van der Waals surface area contributed by atoms with Crippen molar-refractivity contribution in [2.24, 2.45) is 17.3 Å². The van der Waals surface area contributed by atoms with Gasteiger partial charge in [0.15, 0.2) is 0 Å². The summed E-state index contributed by atoms with van der Waals surface area (Å²) in [4.78, 5) is 14.6. The van der Waals surface area contributed by atoms with Crippen molar-refractivity contribution in [3.05, 3.63) is 29.8 Å². The number of nitrogens with one attached hydrogen (secondary N) is 1. The molecule has 4 bridgehead atoms. The second-order valence-corrected chi connectivity index (χ2v) is 9.20. The molecule has 0 heterocycles. The summed E-state index contributed by atoms with van der Waals surface area (Å²) in [7, 11) is 4.05. The minimum absolute atomic E-state index is 0.0533. The molecule has 4 atom stereocenters. The number of anilines is 1. The third-order valence-corrected chi connectivity index (χ3v) is 6.63. The first-order valence-electron chi connectivity index (χ1n) is 9.60. The highest BCUT2D eigenvalue weighted by Gasteiger charge is 2.57. The van der Waals surface area contributed by atoms with Crippen LogP contribution in [0.25, 0.3) is 0 Å². The highest BCUT2D eigenvalue weighted by Crippen LogP contribution is 2.62. The first kappa shape index (κ1) is 16.9. The zero-order valence-electron chi connectivity index (χ0n) is 15.4. The smallest absolute Gasteiger partial charge is 0.220 e. The number of hydrogen-bond donors (Lipinski definition) is 2. The van der Waals surface area contributed by atoms with Crippen molar-refractivity contribution in [2.45, 2.75) is 57.1 Å². The molecule has 5 rings (SSSR count). The Hall–Kier alpha value is -1.55. The Bertz CT molecular complexity index is 638. The molecular weight excluding hydrogens is 312 g/mol. The normalized spacial score (nSPS) is 35.6. The molecule has 0 aliphatic heterocycles. The van der Waals surface area contributed by atoms with E-state index in [1.54, 1.807) is 0 Å².